The third kappa shape index (κ3) is 7.31. The van der Waals surface area contributed by atoms with Crippen molar-refractivity contribution in [2.75, 3.05) is 25.1 Å². The van der Waals surface area contributed by atoms with E-state index in [2.05, 4.69) is 10.6 Å². The first-order valence-electron chi connectivity index (χ1n) is 9.70. The first kappa shape index (κ1) is 20.9. The fraction of sp³-hybridized carbons (Fsp3) is 0.167. The number of nitrogens with one attached hydrogen (secondary N) is 2. The highest BCUT2D eigenvalue weighted by Gasteiger charge is 2.08. The molecule has 0 spiro atoms. The lowest BCUT2D eigenvalue weighted by Gasteiger charge is -2.09. The van der Waals surface area contributed by atoms with Crippen molar-refractivity contribution in [3.63, 3.8) is 0 Å². The fourth-order valence-electron chi connectivity index (χ4n) is 2.69. The van der Waals surface area contributed by atoms with Crippen LogP contribution in [-0.2, 0) is 20.7 Å². The molecule has 0 aromatic heterocycles. The minimum Gasteiger partial charge on any atom is -0.482 e. The predicted molar refractivity (Wildman–Crippen MR) is 116 cm³/mol. The van der Waals surface area contributed by atoms with Gasteiger partial charge in [-0.15, -0.1) is 0 Å². The van der Waals surface area contributed by atoms with Crippen LogP contribution in [0.5, 0.6) is 5.75 Å². The molecule has 3 aromatic rings. The van der Waals surface area contributed by atoms with Crippen LogP contribution in [0.3, 0.4) is 0 Å². The molecule has 0 saturated heterocycles. The molecule has 2 N–H and O–H groups in total. The highest BCUT2D eigenvalue weighted by molar-refractivity contribution is 5.80. The van der Waals surface area contributed by atoms with Crippen LogP contribution in [0, 0.1) is 0 Å². The van der Waals surface area contributed by atoms with Gasteiger partial charge in [0.15, 0.2) is 13.2 Å². The number of para-hydroxylation sites is 1. The van der Waals surface area contributed by atoms with Gasteiger partial charge < -0.3 is 20.1 Å². The van der Waals surface area contributed by atoms with Crippen LogP contribution in [0.2, 0.25) is 0 Å². The van der Waals surface area contributed by atoms with E-state index in [1.54, 1.807) is 12.1 Å². The van der Waals surface area contributed by atoms with Crippen LogP contribution in [0.25, 0.3) is 0 Å². The summed E-state index contributed by atoms with van der Waals surface area (Å²) in [6, 6.07) is 26.9. The molecular weight excluding hydrogens is 380 g/mol. The van der Waals surface area contributed by atoms with E-state index in [9.17, 15) is 9.59 Å². The van der Waals surface area contributed by atoms with Gasteiger partial charge in [0.2, 0.25) is 0 Å². The zero-order valence-corrected chi connectivity index (χ0v) is 16.5. The van der Waals surface area contributed by atoms with Crippen molar-refractivity contribution in [1.82, 2.24) is 5.32 Å². The molecule has 0 fully saturated rings. The number of rotatable bonds is 10. The molecule has 0 heterocycles. The molecule has 0 saturated carbocycles. The van der Waals surface area contributed by atoms with Crippen molar-refractivity contribution in [3.8, 4) is 5.75 Å². The SMILES string of the molecule is O=C(COC(=O)COc1ccc(Nc2ccccc2)cc1)NCCc1ccccc1. The Labute approximate surface area is 175 Å². The molecule has 30 heavy (non-hydrogen) atoms. The van der Waals surface area contributed by atoms with Crippen LogP contribution < -0.4 is 15.4 Å². The normalized spacial score (nSPS) is 10.1. The van der Waals surface area contributed by atoms with Crippen LogP contribution in [0.4, 0.5) is 11.4 Å². The summed E-state index contributed by atoms with van der Waals surface area (Å²) in [6.07, 6.45) is 0.721. The van der Waals surface area contributed by atoms with Crippen molar-refractivity contribution in [3.05, 3.63) is 90.5 Å². The van der Waals surface area contributed by atoms with Crippen molar-refractivity contribution in [2.24, 2.45) is 0 Å². The number of carbonyl (C=O) groups is 2. The monoisotopic (exact) mass is 404 g/mol. The molecule has 1 amide bonds. The van der Waals surface area contributed by atoms with Gasteiger partial charge in [-0.1, -0.05) is 48.5 Å². The van der Waals surface area contributed by atoms with Gasteiger partial charge in [-0.25, -0.2) is 4.79 Å². The Hall–Kier alpha value is -3.80. The number of esters is 1. The van der Waals surface area contributed by atoms with Crippen LogP contribution in [-0.4, -0.2) is 31.6 Å². The second-order valence-corrected chi connectivity index (χ2v) is 6.55. The Morgan fingerprint density at radius 1 is 0.733 bits per heavy atom. The summed E-state index contributed by atoms with van der Waals surface area (Å²) in [4.78, 5) is 23.5. The molecule has 3 aromatic carbocycles. The maximum absolute atomic E-state index is 11.8. The van der Waals surface area contributed by atoms with Gasteiger partial charge in [0.25, 0.3) is 5.91 Å². The lowest BCUT2D eigenvalue weighted by molar-refractivity contribution is -0.150. The minimum absolute atomic E-state index is 0.261. The third-order valence-electron chi connectivity index (χ3n) is 4.22. The average molecular weight is 404 g/mol. The summed E-state index contributed by atoms with van der Waals surface area (Å²) in [5.41, 5.74) is 3.02. The number of benzene rings is 3. The highest BCUT2D eigenvalue weighted by atomic mass is 16.6. The molecule has 0 aliphatic carbocycles. The van der Waals surface area contributed by atoms with Crippen molar-refractivity contribution >= 4 is 23.3 Å². The molecule has 6 heteroatoms. The molecule has 0 radical (unpaired) electrons. The van der Waals surface area contributed by atoms with E-state index in [4.69, 9.17) is 9.47 Å². The number of amides is 1. The average Bonchev–Trinajstić information content (AvgIpc) is 2.79. The zero-order chi connectivity index (χ0) is 21.0. The van der Waals surface area contributed by atoms with Gasteiger partial charge in [-0.05, 0) is 48.4 Å². The Morgan fingerprint density at radius 3 is 2.07 bits per heavy atom. The van der Waals surface area contributed by atoms with Crippen LogP contribution in [0.1, 0.15) is 5.56 Å². The minimum atomic E-state index is -0.598. The predicted octanol–water partition coefficient (Wildman–Crippen LogP) is 3.71. The number of hydrogen-bond acceptors (Lipinski definition) is 5. The van der Waals surface area contributed by atoms with E-state index in [0.717, 1.165) is 23.4 Å². The van der Waals surface area contributed by atoms with Gasteiger partial charge in [0.05, 0.1) is 0 Å². The molecule has 6 nitrogen and oxygen atoms in total. The Kier molecular flexibility index (Phi) is 7.85. The lowest BCUT2D eigenvalue weighted by Crippen LogP contribution is -2.31. The standard InChI is InChI=1S/C24H24N2O4/c27-23(25-16-15-19-7-3-1-4-8-19)17-30-24(28)18-29-22-13-11-21(12-14-22)26-20-9-5-2-6-10-20/h1-14,26H,15-18H2,(H,25,27). The maximum atomic E-state index is 11.8. The van der Waals surface area contributed by atoms with E-state index in [1.807, 2.05) is 72.8 Å². The zero-order valence-electron chi connectivity index (χ0n) is 16.5. The Morgan fingerprint density at radius 2 is 1.37 bits per heavy atom. The van der Waals surface area contributed by atoms with Gasteiger partial charge in [0, 0.05) is 17.9 Å². The molecule has 0 aliphatic heterocycles. The lowest BCUT2D eigenvalue weighted by atomic mass is 10.1. The fourth-order valence-corrected chi connectivity index (χ4v) is 2.69. The number of carbonyl (C=O) groups excluding carboxylic acids is 2. The second-order valence-electron chi connectivity index (χ2n) is 6.55. The van der Waals surface area contributed by atoms with Crippen molar-refractivity contribution < 1.29 is 19.1 Å². The third-order valence-corrected chi connectivity index (χ3v) is 4.22. The molecular formula is C24H24N2O4. The first-order valence-corrected chi connectivity index (χ1v) is 9.70. The number of ether oxygens (including phenoxy) is 2. The second kappa shape index (κ2) is 11.3. The number of anilines is 2. The summed E-state index contributed by atoms with van der Waals surface area (Å²) in [5.74, 6) is -0.395. The summed E-state index contributed by atoms with van der Waals surface area (Å²) in [5, 5.41) is 5.99. The summed E-state index contributed by atoms with van der Waals surface area (Å²) in [7, 11) is 0. The smallest absolute Gasteiger partial charge is 0.344 e. The van der Waals surface area contributed by atoms with Crippen molar-refractivity contribution in [1.29, 1.82) is 0 Å². The maximum Gasteiger partial charge on any atom is 0.344 e. The molecule has 0 aliphatic rings. The van der Waals surface area contributed by atoms with Crippen LogP contribution >= 0.6 is 0 Å². The Bertz CT molecular complexity index is 928. The summed E-state index contributed by atoms with van der Waals surface area (Å²) in [6.45, 7) is -0.0973. The molecule has 3 rings (SSSR count). The quantitative estimate of drug-likeness (QED) is 0.504. The van der Waals surface area contributed by atoms with Gasteiger partial charge in [-0.3, -0.25) is 4.79 Å². The highest BCUT2D eigenvalue weighted by Crippen LogP contribution is 2.19. The van der Waals surface area contributed by atoms with Gasteiger partial charge in [-0.2, -0.15) is 0 Å². The Balaban J connectivity index is 1.31. The molecule has 0 unspecified atom stereocenters. The van der Waals surface area contributed by atoms with E-state index >= 15 is 0 Å². The van der Waals surface area contributed by atoms with E-state index in [0.29, 0.717) is 12.3 Å². The van der Waals surface area contributed by atoms with Gasteiger partial charge in [0.1, 0.15) is 5.75 Å². The largest absolute Gasteiger partial charge is 0.482 e. The van der Waals surface area contributed by atoms with E-state index in [1.165, 1.54) is 0 Å². The first-order chi connectivity index (χ1) is 14.7. The van der Waals surface area contributed by atoms with Crippen LogP contribution in [0.15, 0.2) is 84.9 Å². The van der Waals surface area contributed by atoms with E-state index in [-0.39, 0.29) is 19.1 Å². The van der Waals surface area contributed by atoms with Gasteiger partial charge >= 0.3 is 5.97 Å². The van der Waals surface area contributed by atoms with Crippen molar-refractivity contribution in [2.45, 2.75) is 6.42 Å². The topological polar surface area (TPSA) is 76.7 Å². The molecule has 0 bridgehead atoms. The summed E-state index contributed by atoms with van der Waals surface area (Å²) < 4.78 is 10.4. The van der Waals surface area contributed by atoms with E-state index < -0.39 is 5.97 Å². The molecule has 0 atom stereocenters. The number of hydrogen-bond donors (Lipinski definition) is 2. The summed E-state index contributed by atoms with van der Waals surface area (Å²) >= 11 is 0. The molecule has 154 valence electrons.